The third-order valence-electron chi connectivity index (χ3n) is 3.45. The highest BCUT2D eigenvalue weighted by molar-refractivity contribution is 6.04. The van der Waals surface area contributed by atoms with Crippen LogP contribution in [0.2, 0.25) is 0 Å². The summed E-state index contributed by atoms with van der Waals surface area (Å²) in [6.07, 6.45) is 0.764. The molecule has 2 N–H and O–H groups in total. The summed E-state index contributed by atoms with van der Waals surface area (Å²) < 4.78 is 6.82. The number of para-hydroxylation sites is 1. The molecular weight excluding hydrogens is 268 g/mol. The largest absolute Gasteiger partial charge is 0.383 e. The third-order valence-corrected chi connectivity index (χ3v) is 3.45. The van der Waals surface area contributed by atoms with Crippen molar-refractivity contribution in [2.24, 2.45) is 12.8 Å². The number of carbonyl (C=O) groups is 1. The van der Waals surface area contributed by atoms with Crippen LogP contribution >= 0.6 is 0 Å². The summed E-state index contributed by atoms with van der Waals surface area (Å²) >= 11 is 0. The van der Waals surface area contributed by atoms with E-state index in [1.54, 1.807) is 16.7 Å². The normalized spacial score (nSPS) is 11.0. The van der Waals surface area contributed by atoms with Crippen LogP contribution in [0.4, 0.5) is 0 Å². The smallest absolute Gasteiger partial charge is 0.275 e. The average Bonchev–Trinajstić information content (AvgIpc) is 2.84. The number of nitrogens with two attached hydrogens (primary N) is 1. The molecule has 2 aromatic rings. The van der Waals surface area contributed by atoms with Crippen molar-refractivity contribution in [1.82, 2.24) is 14.7 Å². The van der Waals surface area contributed by atoms with E-state index in [0.29, 0.717) is 31.9 Å². The molecule has 0 fully saturated rings. The highest BCUT2D eigenvalue weighted by Crippen LogP contribution is 2.19. The zero-order valence-electron chi connectivity index (χ0n) is 12.6. The first kappa shape index (κ1) is 15.5. The Morgan fingerprint density at radius 1 is 1.38 bits per heavy atom. The monoisotopic (exact) mass is 290 g/mol. The lowest BCUT2D eigenvalue weighted by Gasteiger charge is -2.21. The lowest BCUT2D eigenvalue weighted by molar-refractivity contribution is 0.0690. The molecule has 0 atom stereocenters. The van der Waals surface area contributed by atoms with Gasteiger partial charge in [0.2, 0.25) is 0 Å². The fraction of sp³-hybridized carbons (Fsp3) is 0.467. The Morgan fingerprint density at radius 2 is 2.14 bits per heavy atom. The van der Waals surface area contributed by atoms with Crippen LogP contribution in [0.5, 0.6) is 0 Å². The Kier molecular flexibility index (Phi) is 5.30. The van der Waals surface area contributed by atoms with Crippen molar-refractivity contribution in [3.05, 3.63) is 30.0 Å². The number of ether oxygens (including phenoxy) is 1. The minimum atomic E-state index is -0.0719. The molecule has 0 bridgehead atoms. The van der Waals surface area contributed by atoms with E-state index in [2.05, 4.69) is 5.10 Å². The number of hydrogen-bond acceptors (Lipinski definition) is 4. The predicted octanol–water partition coefficient (Wildman–Crippen LogP) is 1.01. The SMILES string of the molecule is COCCN(CCCN)C(=O)c1nn(C)c2ccccc12. The molecule has 2 rings (SSSR count). The molecule has 0 saturated heterocycles. The van der Waals surface area contributed by atoms with E-state index in [4.69, 9.17) is 10.5 Å². The van der Waals surface area contributed by atoms with Gasteiger partial charge in [0.15, 0.2) is 5.69 Å². The van der Waals surface area contributed by atoms with Gasteiger partial charge in [-0.05, 0) is 19.0 Å². The maximum absolute atomic E-state index is 12.7. The van der Waals surface area contributed by atoms with Gasteiger partial charge >= 0.3 is 0 Å². The van der Waals surface area contributed by atoms with Crippen molar-refractivity contribution < 1.29 is 9.53 Å². The zero-order valence-corrected chi connectivity index (χ0v) is 12.6. The molecule has 0 saturated carbocycles. The standard InChI is InChI=1S/C15H22N4O2/c1-18-13-7-4-3-6-12(13)14(17-18)15(20)19(9-5-8-16)10-11-21-2/h3-4,6-7H,5,8-11,16H2,1-2H3. The summed E-state index contributed by atoms with van der Waals surface area (Å²) in [6, 6.07) is 7.74. The molecule has 0 radical (unpaired) electrons. The number of carbonyl (C=O) groups excluding carboxylic acids is 1. The number of rotatable bonds is 7. The number of fused-ring (bicyclic) bond motifs is 1. The predicted molar refractivity (Wildman–Crippen MR) is 82.2 cm³/mol. The molecule has 0 aliphatic heterocycles. The molecule has 0 spiro atoms. The molecule has 1 aromatic carbocycles. The number of aromatic nitrogens is 2. The quantitative estimate of drug-likeness (QED) is 0.826. The van der Waals surface area contributed by atoms with Crippen LogP contribution < -0.4 is 5.73 Å². The molecular formula is C15H22N4O2. The summed E-state index contributed by atoms with van der Waals surface area (Å²) in [4.78, 5) is 14.5. The van der Waals surface area contributed by atoms with Crippen LogP contribution in [-0.2, 0) is 11.8 Å². The third kappa shape index (κ3) is 3.40. The molecule has 1 amide bonds. The molecule has 114 valence electrons. The molecule has 0 unspecified atom stereocenters. The van der Waals surface area contributed by atoms with Gasteiger partial charge < -0.3 is 15.4 Å². The Labute approximate surface area is 124 Å². The summed E-state index contributed by atoms with van der Waals surface area (Å²) in [5.41, 5.74) is 6.99. The summed E-state index contributed by atoms with van der Waals surface area (Å²) in [7, 11) is 3.47. The van der Waals surface area contributed by atoms with Gasteiger partial charge in [0.25, 0.3) is 5.91 Å². The Balaban J connectivity index is 2.29. The Bertz CT molecular complexity index is 601. The molecule has 6 nitrogen and oxygen atoms in total. The van der Waals surface area contributed by atoms with Crippen LogP contribution in [0.3, 0.4) is 0 Å². The van der Waals surface area contributed by atoms with Gasteiger partial charge in [-0.1, -0.05) is 18.2 Å². The second-order valence-electron chi connectivity index (χ2n) is 4.92. The lowest BCUT2D eigenvalue weighted by Crippen LogP contribution is -2.36. The lowest BCUT2D eigenvalue weighted by atomic mass is 10.2. The van der Waals surface area contributed by atoms with Crippen LogP contribution in [-0.4, -0.2) is 53.9 Å². The molecule has 0 aliphatic carbocycles. The van der Waals surface area contributed by atoms with Crippen LogP contribution in [0.1, 0.15) is 16.9 Å². The van der Waals surface area contributed by atoms with Gasteiger partial charge in [0.1, 0.15) is 0 Å². The first-order valence-corrected chi connectivity index (χ1v) is 7.09. The highest BCUT2D eigenvalue weighted by atomic mass is 16.5. The van der Waals surface area contributed by atoms with Gasteiger partial charge in [0.05, 0.1) is 12.1 Å². The average molecular weight is 290 g/mol. The van der Waals surface area contributed by atoms with E-state index in [1.165, 1.54) is 0 Å². The van der Waals surface area contributed by atoms with Crippen molar-refractivity contribution in [2.75, 3.05) is 33.4 Å². The maximum atomic E-state index is 12.7. The minimum absolute atomic E-state index is 0.0719. The second kappa shape index (κ2) is 7.19. The fourth-order valence-electron chi connectivity index (χ4n) is 2.32. The molecule has 0 aliphatic rings. The van der Waals surface area contributed by atoms with E-state index in [-0.39, 0.29) is 5.91 Å². The van der Waals surface area contributed by atoms with Crippen molar-refractivity contribution in [2.45, 2.75) is 6.42 Å². The first-order chi connectivity index (χ1) is 10.2. The number of amides is 1. The Hall–Kier alpha value is -1.92. The highest BCUT2D eigenvalue weighted by Gasteiger charge is 2.21. The number of methoxy groups -OCH3 is 1. The number of benzene rings is 1. The van der Waals surface area contributed by atoms with E-state index in [1.807, 2.05) is 31.3 Å². The van der Waals surface area contributed by atoms with E-state index < -0.39 is 0 Å². The molecule has 1 heterocycles. The van der Waals surface area contributed by atoms with Gasteiger partial charge in [-0.3, -0.25) is 9.48 Å². The van der Waals surface area contributed by atoms with Gasteiger partial charge in [-0.25, -0.2) is 0 Å². The fourth-order valence-corrected chi connectivity index (χ4v) is 2.32. The second-order valence-corrected chi connectivity index (χ2v) is 4.92. The van der Waals surface area contributed by atoms with Crippen molar-refractivity contribution in [1.29, 1.82) is 0 Å². The van der Waals surface area contributed by atoms with Crippen molar-refractivity contribution in [3.8, 4) is 0 Å². The molecule has 1 aromatic heterocycles. The van der Waals surface area contributed by atoms with Gasteiger partial charge in [-0.15, -0.1) is 0 Å². The summed E-state index contributed by atoms with van der Waals surface area (Å²) in [5.74, 6) is -0.0719. The van der Waals surface area contributed by atoms with E-state index in [9.17, 15) is 4.79 Å². The molecule has 6 heteroatoms. The maximum Gasteiger partial charge on any atom is 0.275 e. The van der Waals surface area contributed by atoms with Crippen LogP contribution in [0.25, 0.3) is 10.9 Å². The van der Waals surface area contributed by atoms with E-state index in [0.717, 1.165) is 17.3 Å². The topological polar surface area (TPSA) is 73.4 Å². The number of aryl methyl sites for hydroxylation is 1. The minimum Gasteiger partial charge on any atom is -0.383 e. The molecule has 21 heavy (non-hydrogen) atoms. The first-order valence-electron chi connectivity index (χ1n) is 7.09. The van der Waals surface area contributed by atoms with E-state index >= 15 is 0 Å². The zero-order chi connectivity index (χ0) is 15.2. The van der Waals surface area contributed by atoms with Crippen LogP contribution in [0, 0.1) is 0 Å². The van der Waals surface area contributed by atoms with Crippen molar-refractivity contribution >= 4 is 16.8 Å². The number of hydrogen-bond donors (Lipinski definition) is 1. The number of nitrogens with zero attached hydrogens (tertiary/aromatic N) is 3. The van der Waals surface area contributed by atoms with Crippen molar-refractivity contribution in [3.63, 3.8) is 0 Å². The summed E-state index contributed by atoms with van der Waals surface area (Å²) in [5, 5.41) is 5.26. The van der Waals surface area contributed by atoms with Gasteiger partial charge in [-0.2, -0.15) is 5.10 Å². The summed E-state index contributed by atoms with van der Waals surface area (Å²) in [6.45, 7) is 2.21. The Morgan fingerprint density at radius 3 is 2.86 bits per heavy atom. The van der Waals surface area contributed by atoms with Crippen LogP contribution in [0.15, 0.2) is 24.3 Å². The van der Waals surface area contributed by atoms with Gasteiger partial charge in [0, 0.05) is 32.6 Å².